The zero-order chi connectivity index (χ0) is 25.1. The van der Waals surface area contributed by atoms with Crippen LogP contribution in [0.4, 0.5) is 0 Å². The molecule has 5 rings (SSSR count). The lowest BCUT2D eigenvalue weighted by Gasteiger charge is -2.55. The van der Waals surface area contributed by atoms with E-state index in [-0.39, 0.29) is 5.91 Å². The minimum Gasteiger partial charge on any atom is -0.497 e. The molecule has 1 aromatic carbocycles. The van der Waals surface area contributed by atoms with Crippen molar-refractivity contribution in [2.75, 3.05) is 20.8 Å². The fourth-order valence-corrected chi connectivity index (χ4v) is 6.03. The van der Waals surface area contributed by atoms with Gasteiger partial charge in [0.2, 0.25) is 5.91 Å². The maximum atomic E-state index is 13.9. The molecule has 0 radical (unpaired) electrons. The van der Waals surface area contributed by atoms with Crippen molar-refractivity contribution < 1.29 is 24.2 Å². The third kappa shape index (κ3) is 3.19. The topological polar surface area (TPSA) is 84.2 Å². The van der Waals surface area contributed by atoms with Gasteiger partial charge in [-0.05, 0) is 45.7 Å². The number of benzene rings is 1. The molecule has 2 amide bonds. The molecule has 1 aromatic heterocycles. The van der Waals surface area contributed by atoms with Crippen LogP contribution in [0.1, 0.15) is 57.0 Å². The van der Waals surface area contributed by atoms with E-state index in [0.717, 1.165) is 34.2 Å². The molecule has 35 heavy (non-hydrogen) atoms. The standard InChI is InChI=1S/C27H33N3O5/c1-6-8-19-23-22(18-11-10-17(34-4)15-21(18)28(23)14-12-16(2)3)24(35-5)27(33)26(32)29-13-7-9-20(29)25(31)30(19)27/h6,8,10-12,15,19-20,24,33H,7,9,13-14H2,1-5H3/b8-6+/t19-,20-,24-,27-/m0/s1. The molecular formula is C27H33N3O5. The lowest BCUT2D eigenvalue weighted by molar-refractivity contribution is -0.233. The van der Waals surface area contributed by atoms with Gasteiger partial charge in [-0.15, -0.1) is 0 Å². The number of hydrogen-bond acceptors (Lipinski definition) is 5. The molecule has 3 aliphatic rings. The van der Waals surface area contributed by atoms with Gasteiger partial charge >= 0.3 is 0 Å². The Hall–Kier alpha value is -3.10. The van der Waals surface area contributed by atoms with Crippen LogP contribution in [0.25, 0.3) is 10.9 Å². The van der Waals surface area contributed by atoms with E-state index in [9.17, 15) is 14.7 Å². The molecule has 0 spiro atoms. The Balaban J connectivity index is 1.86. The van der Waals surface area contributed by atoms with Gasteiger partial charge in [-0.2, -0.15) is 0 Å². The zero-order valence-electron chi connectivity index (χ0n) is 20.9. The normalized spacial score (nSPS) is 27.9. The fraction of sp³-hybridized carbons (Fsp3) is 0.481. The predicted octanol–water partition coefficient (Wildman–Crippen LogP) is 3.46. The Morgan fingerprint density at radius 2 is 2.03 bits per heavy atom. The maximum Gasteiger partial charge on any atom is 0.279 e. The van der Waals surface area contributed by atoms with Crippen molar-refractivity contribution in [3.8, 4) is 5.75 Å². The number of amides is 2. The number of hydrogen-bond donors (Lipinski definition) is 1. The van der Waals surface area contributed by atoms with Crippen LogP contribution in [0.3, 0.4) is 0 Å². The number of carbonyl (C=O) groups is 2. The molecule has 186 valence electrons. The van der Waals surface area contributed by atoms with Crippen LogP contribution in [-0.4, -0.2) is 63.8 Å². The van der Waals surface area contributed by atoms with E-state index in [1.807, 2.05) is 51.1 Å². The number of piperazine rings is 1. The van der Waals surface area contributed by atoms with Crippen LogP contribution < -0.4 is 4.74 Å². The lowest BCUT2D eigenvalue weighted by atomic mass is 9.82. The molecule has 8 nitrogen and oxygen atoms in total. The number of methoxy groups -OCH3 is 2. The Morgan fingerprint density at radius 1 is 1.26 bits per heavy atom. The average molecular weight is 480 g/mol. The Labute approximate surface area is 205 Å². The van der Waals surface area contributed by atoms with E-state index in [1.165, 1.54) is 16.9 Å². The number of rotatable bonds is 5. The fourth-order valence-electron chi connectivity index (χ4n) is 6.03. The Kier molecular flexibility index (Phi) is 5.76. The van der Waals surface area contributed by atoms with E-state index in [0.29, 0.717) is 25.3 Å². The molecule has 1 N–H and O–H groups in total. The van der Waals surface area contributed by atoms with Gasteiger partial charge in [0.15, 0.2) is 0 Å². The van der Waals surface area contributed by atoms with Crippen molar-refractivity contribution in [1.29, 1.82) is 0 Å². The summed E-state index contributed by atoms with van der Waals surface area (Å²) < 4.78 is 13.6. The second-order valence-electron chi connectivity index (χ2n) is 9.75. The highest BCUT2D eigenvalue weighted by molar-refractivity contribution is 6.02. The third-order valence-corrected chi connectivity index (χ3v) is 7.55. The summed E-state index contributed by atoms with van der Waals surface area (Å²) >= 11 is 0. The summed E-state index contributed by atoms with van der Waals surface area (Å²) in [7, 11) is 3.11. The zero-order valence-corrected chi connectivity index (χ0v) is 20.9. The molecule has 4 heterocycles. The average Bonchev–Trinajstić information content (AvgIpc) is 3.45. The van der Waals surface area contributed by atoms with E-state index in [4.69, 9.17) is 9.47 Å². The molecule has 0 bridgehead atoms. The molecule has 8 heteroatoms. The van der Waals surface area contributed by atoms with E-state index in [2.05, 4.69) is 10.6 Å². The summed E-state index contributed by atoms with van der Waals surface area (Å²) in [5.74, 6) is -0.00566. The number of fused-ring (bicyclic) bond motifs is 5. The number of carbonyl (C=O) groups excluding carboxylic acids is 2. The van der Waals surface area contributed by atoms with Gasteiger partial charge in [-0.25, -0.2) is 0 Å². The van der Waals surface area contributed by atoms with Gasteiger partial charge in [0.25, 0.3) is 11.6 Å². The maximum absolute atomic E-state index is 13.9. The largest absolute Gasteiger partial charge is 0.497 e. The predicted molar refractivity (Wildman–Crippen MR) is 132 cm³/mol. The highest BCUT2D eigenvalue weighted by Crippen LogP contribution is 2.53. The molecular weight excluding hydrogens is 446 g/mol. The van der Waals surface area contributed by atoms with E-state index < -0.39 is 29.8 Å². The van der Waals surface area contributed by atoms with Crippen molar-refractivity contribution >= 4 is 22.7 Å². The summed E-state index contributed by atoms with van der Waals surface area (Å²) in [6, 6.07) is 4.58. The smallest absolute Gasteiger partial charge is 0.279 e. The molecule has 0 saturated carbocycles. The van der Waals surface area contributed by atoms with Crippen LogP contribution in [-0.2, 0) is 20.9 Å². The van der Waals surface area contributed by atoms with Crippen LogP contribution in [0.5, 0.6) is 5.75 Å². The summed E-state index contributed by atoms with van der Waals surface area (Å²) in [5, 5.41) is 13.0. The SMILES string of the molecule is C/C=C/[C@H]1c2c(c3ccc(OC)cc3n2CC=C(C)C)[C@H](OC)[C@]2(O)C(=O)N3CCC[C@H]3C(=O)N12. The van der Waals surface area contributed by atoms with Crippen LogP contribution >= 0.6 is 0 Å². The number of aromatic nitrogens is 1. The first-order valence-corrected chi connectivity index (χ1v) is 12.1. The molecule has 3 aliphatic heterocycles. The first kappa shape index (κ1) is 23.6. The number of ether oxygens (including phenoxy) is 2. The van der Waals surface area contributed by atoms with Crippen molar-refractivity contribution in [3.63, 3.8) is 0 Å². The van der Waals surface area contributed by atoms with Crippen LogP contribution in [0.2, 0.25) is 0 Å². The van der Waals surface area contributed by atoms with Crippen molar-refractivity contribution in [3.05, 3.63) is 53.3 Å². The number of nitrogens with zero attached hydrogens (tertiary/aromatic N) is 3. The third-order valence-electron chi connectivity index (χ3n) is 7.55. The second-order valence-corrected chi connectivity index (χ2v) is 9.75. The van der Waals surface area contributed by atoms with Gasteiger partial charge in [-0.3, -0.25) is 14.5 Å². The van der Waals surface area contributed by atoms with E-state index in [1.54, 1.807) is 7.11 Å². The van der Waals surface area contributed by atoms with Gasteiger partial charge < -0.3 is 24.0 Å². The molecule has 2 aromatic rings. The van der Waals surface area contributed by atoms with Crippen molar-refractivity contribution in [2.24, 2.45) is 0 Å². The monoisotopic (exact) mass is 479 g/mol. The minimum atomic E-state index is -2.14. The highest BCUT2D eigenvalue weighted by atomic mass is 16.5. The van der Waals surface area contributed by atoms with Gasteiger partial charge in [-0.1, -0.05) is 23.8 Å². The summed E-state index contributed by atoms with van der Waals surface area (Å²) in [6.07, 6.45) is 6.17. The van der Waals surface area contributed by atoms with Crippen LogP contribution in [0, 0.1) is 0 Å². The van der Waals surface area contributed by atoms with Crippen LogP contribution in [0.15, 0.2) is 42.0 Å². The summed E-state index contributed by atoms with van der Waals surface area (Å²) in [5.41, 5.74) is 1.49. The molecule has 2 fully saturated rings. The van der Waals surface area contributed by atoms with Gasteiger partial charge in [0, 0.05) is 37.2 Å². The Bertz CT molecular complexity index is 1260. The number of allylic oxidation sites excluding steroid dienone is 3. The second kappa shape index (κ2) is 8.53. The Morgan fingerprint density at radius 3 is 2.69 bits per heavy atom. The van der Waals surface area contributed by atoms with E-state index >= 15 is 0 Å². The molecule has 0 unspecified atom stereocenters. The molecule has 0 aliphatic carbocycles. The first-order valence-electron chi connectivity index (χ1n) is 12.1. The summed E-state index contributed by atoms with van der Waals surface area (Å²) in [6.45, 7) is 6.99. The number of aliphatic hydroxyl groups is 1. The first-order chi connectivity index (χ1) is 16.8. The van der Waals surface area contributed by atoms with Gasteiger partial charge in [0.05, 0.1) is 24.4 Å². The lowest BCUT2D eigenvalue weighted by Crippen LogP contribution is -2.74. The van der Waals surface area contributed by atoms with Gasteiger partial charge in [0.1, 0.15) is 17.9 Å². The quantitative estimate of drug-likeness (QED) is 0.664. The molecule has 2 saturated heterocycles. The molecule has 4 atom stereocenters. The summed E-state index contributed by atoms with van der Waals surface area (Å²) in [4.78, 5) is 30.6. The minimum absolute atomic E-state index is 0.239. The van der Waals surface area contributed by atoms with Crippen molar-refractivity contribution in [2.45, 2.75) is 64.1 Å². The van der Waals surface area contributed by atoms with Crippen molar-refractivity contribution in [1.82, 2.24) is 14.4 Å². The highest BCUT2D eigenvalue weighted by Gasteiger charge is 2.66.